The molecule has 37 heavy (non-hydrogen) atoms. The van der Waals surface area contributed by atoms with Gasteiger partial charge in [-0.2, -0.15) is 0 Å². The van der Waals surface area contributed by atoms with Crippen molar-refractivity contribution in [2.24, 2.45) is 0 Å². The Bertz CT molecular complexity index is 1430. The average Bonchev–Trinajstić information content (AvgIpc) is 3.39. The third kappa shape index (κ3) is 6.36. The van der Waals surface area contributed by atoms with Crippen molar-refractivity contribution in [1.29, 1.82) is 0 Å². The van der Waals surface area contributed by atoms with Crippen molar-refractivity contribution < 1.29 is 22.7 Å². The van der Waals surface area contributed by atoms with E-state index in [1.807, 2.05) is 19.9 Å². The Morgan fingerprint density at radius 2 is 1.68 bits per heavy atom. The maximum absolute atomic E-state index is 13.2. The first-order valence-corrected chi connectivity index (χ1v) is 13.6. The first-order valence-electron chi connectivity index (χ1n) is 12.1. The molecule has 0 aromatic heterocycles. The van der Waals surface area contributed by atoms with Crippen LogP contribution in [0.2, 0.25) is 0 Å². The van der Waals surface area contributed by atoms with E-state index < -0.39 is 15.9 Å². The second kappa shape index (κ2) is 11.1. The zero-order valence-electron chi connectivity index (χ0n) is 21.1. The number of sulfonamides is 1. The highest BCUT2D eigenvalue weighted by Crippen LogP contribution is 2.24. The van der Waals surface area contributed by atoms with Crippen molar-refractivity contribution in [2.45, 2.75) is 44.6 Å². The van der Waals surface area contributed by atoms with Crippen LogP contribution in [0.25, 0.3) is 0 Å². The lowest BCUT2D eigenvalue weighted by Crippen LogP contribution is -2.32. The van der Waals surface area contributed by atoms with Gasteiger partial charge in [0.1, 0.15) is 0 Å². The SMILES string of the molecule is Cc1ccc(NS(=O)(=O)c2cc(C(=O)Nc3ccccc3C(=O)NC[C@H]3CCCO3)ccc2C)cc1C. The zero-order chi connectivity index (χ0) is 26.6. The standard InChI is InChI=1S/C28H31N3O5S/c1-18-11-13-22(15-20(18)3)31-37(34,35)26-16-21(12-10-19(26)2)27(32)30-25-9-5-4-8-24(25)28(33)29-17-23-7-6-14-36-23/h4-5,8-13,15-16,23,31H,6-7,14,17H2,1-3H3,(H,29,33)(H,30,32)/t23-/m1/s1. The number of benzene rings is 3. The molecule has 1 aliphatic rings. The van der Waals surface area contributed by atoms with Gasteiger partial charge < -0.3 is 15.4 Å². The highest BCUT2D eigenvalue weighted by Gasteiger charge is 2.22. The first-order chi connectivity index (χ1) is 17.6. The fraction of sp³-hybridized carbons (Fsp3) is 0.286. The summed E-state index contributed by atoms with van der Waals surface area (Å²) in [4.78, 5) is 25.9. The minimum Gasteiger partial charge on any atom is -0.376 e. The topological polar surface area (TPSA) is 114 Å². The number of carbonyl (C=O) groups excluding carboxylic acids is 2. The van der Waals surface area contributed by atoms with Gasteiger partial charge in [0.05, 0.1) is 22.3 Å². The fourth-order valence-electron chi connectivity index (χ4n) is 4.14. The summed E-state index contributed by atoms with van der Waals surface area (Å²) in [6.45, 7) is 6.62. The number of rotatable bonds is 8. The van der Waals surface area contributed by atoms with Crippen molar-refractivity contribution in [3.63, 3.8) is 0 Å². The van der Waals surface area contributed by atoms with E-state index >= 15 is 0 Å². The molecule has 0 radical (unpaired) electrons. The number of anilines is 2. The predicted octanol–water partition coefficient (Wildman–Crippen LogP) is 4.57. The van der Waals surface area contributed by atoms with Gasteiger partial charge in [-0.15, -0.1) is 0 Å². The van der Waals surface area contributed by atoms with E-state index in [1.165, 1.54) is 6.07 Å². The van der Waals surface area contributed by atoms with Crippen LogP contribution in [0.15, 0.2) is 65.6 Å². The second-order valence-corrected chi connectivity index (χ2v) is 10.9. The Hall–Kier alpha value is -3.69. The maximum atomic E-state index is 13.2. The monoisotopic (exact) mass is 521 g/mol. The third-order valence-corrected chi connectivity index (χ3v) is 7.96. The van der Waals surface area contributed by atoms with Crippen LogP contribution in [0, 0.1) is 20.8 Å². The maximum Gasteiger partial charge on any atom is 0.262 e. The quantitative estimate of drug-likeness (QED) is 0.402. The molecule has 1 heterocycles. The number of para-hydroxylation sites is 1. The van der Waals surface area contributed by atoms with Gasteiger partial charge in [0.25, 0.3) is 21.8 Å². The van der Waals surface area contributed by atoms with Crippen LogP contribution >= 0.6 is 0 Å². The number of aryl methyl sites for hydroxylation is 3. The molecular formula is C28H31N3O5S. The molecule has 1 fully saturated rings. The summed E-state index contributed by atoms with van der Waals surface area (Å²) in [5, 5.41) is 5.61. The van der Waals surface area contributed by atoms with E-state index in [-0.39, 0.29) is 22.5 Å². The van der Waals surface area contributed by atoms with Crippen LogP contribution in [0.5, 0.6) is 0 Å². The molecule has 3 aromatic rings. The van der Waals surface area contributed by atoms with E-state index in [1.54, 1.807) is 55.5 Å². The Balaban J connectivity index is 1.52. The van der Waals surface area contributed by atoms with Crippen molar-refractivity contribution in [2.75, 3.05) is 23.2 Å². The largest absolute Gasteiger partial charge is 0.376 e. The van der Waals surface area contributed by atoms with Gasteiger partial charge in [-0.05, 0) is 86.7 Å². The fourth-order valence-corrected chi connectivity index (χ4v) is 5.46. The number of hydrogen-bond acceptors (Lipinski definition) is 5. The van der Waals surface area contributed by atoms with E-state index in [0.717, 1.165) is 24.0 Å². The summed E-state index contributed by atoms with van der Waals surface area (Å²) in [6, 6.07) is 16.5. The van der Waals surface area contributed by atoms with Gasteiger partial charge >= 0.3 is 0 Å². The molecule has 3 N–H and O–H groups in total. The smallest absolute Gasteiger partial charge is 0.262 e. The predicted molar refractivity (Wildman–Crippen MR) is 144 cm³/mol. The van der Waals surface area contributed by atoms with Crippen LogP contribution < -0.4 is 15.4 Å². The molecule has 1 aliphatic heterocycles. The summed E-state index contributed by atoms with van der Waals surface area (Å²) in [7, 11) is -3.95. The van der Waals surface area contributed by atoms with E-state index in [9.17, 15) is 18.0 Å². The van der Waals surface area contributed by atoms with Crippen LogP contribution in [-0.2, 0) is 14.8 Å². The molecule has 8 nitrogen and oxygen atoms in total. The summed E-state index contributed by atoms with van der Waals surface area (Å²) < 4.78 is 34.5. The minimum absolute atomic E-state index is 0.000898. The Kier molecular flexibility index (Phi) is 7.94. The molecule has 0 saturated carbocycles. The molecule has 0 aliphatic carbocycles. The summed E-state index contributed by atoms with van der Waals surface area (Å²) in [6.07, 6.45) is 1.87. The summed E-state index contributed by atoms with van der Waals surface area (Å²) in [5.41, 5.74) is 3.76. The van der Waals surface area contributed by atoms with E-state index in [2.05, 4.69) is 15.4 Å². The summed E-state index contributed by atoms with van der Waals surface area (Å²) in [5.74, 6) is -0.849. The van der Waals surface area contributed by atoms with E-state index in [0.29, 0.717) is 35.7 Å². The molecule has 3 aromatic carbocycles. The lowest BCUT2D eigenvalue weighted by molar-refractivity contribution is 0.0858. The number of carbonyl (C=O) groups is 2. The number of nitrogens with one attached hydrogen (secondary N) is 3. The molecule has 2 amide bonds. The van der Waals surface area contributed by atoms with Crippen molar-refractivity contribution >= 4 is 33.2 Å². The molecule has 1 saturated heterocycles. The van der Waals surface area contributed by atoms with Gasteiger partial charge in [0.15, 0.2) is 0 Å². The van der Waals surface area contributed by atoms with Crippen LogP contribution in [-0.4, -0.2) is 39.5 Å². The minimum atomic E-state index is -3.95. The lowest BCUT2D eigenvalue weighted by Gasteiger charge is -2.15. The highest BCUT2D eigenvalue weighted by molar-refractivity contribution is 7.92. The van der Waals surface area contributed by atoms with Crippen molar-refractivity contribution in [3.05, 3.63) is 88.5 Å². The first kappa shape index (κ1) is 26.4. The molecule has 9 heteroatoms. The van der Waals surface area contributed by atoms with Gasteiger partial charge in [0, 0.05) is 24.4 Å². The number of hydrogen-bond donors (Lipinski definition) is 3. The Morgan fingerprint density at radius 1 is 0.919 bits per heavy atom. The molecular weight excluding hydrogens is 490 g/mol. The van der Waals surface area contributed by atoms with Crippen LogP contribution in [0.3, 0.4) is 0 Å². The van der Waals surface area contributed by atoms with Gasteiger partial charge in [0.2, 0.25) is 0 Å². The molecule has 0 unspecified atom stereocenters. The number of amides is 2. The molecule has 0 bridgehead atoms. The molecule has 1 atom stereocenters. The zero-order valence-corrected chi connectivity index (χ0v) is 21.9. The summed E-state index contributed by atoms with van der Waals surface area (Å²) >= 11 is 0. The van der Waals surface area contributed by atoms with Crippen molar-refractivity contribution in [1.82, 2.24) is 5.32 Å². The average molecular weight is 522 g/mol. The third-order valence-electron chi connectivity index (χ3n) is 6.43. The number of ether oxygens (including phenoxy) is 1. The Morgan fingerprint density at radius 3 is 2.41 bits per heavy atom. The van der Waals surface area contributed by atoms with Crippen molar-refractivity contribution in [3.8, 4) is 0 Å². The molecule has 4 rings (SSSR count). The van der Waals surface area contributed by atoms with Gasteiger partial charge in [-0.1, -0.05) is 24.3 Å². The van der Waals surface area contributed by atoms with E-state index in [4.69, 9.17) is 4.74 Å². The highest BCUT2D eigenvalue weighted by atomic mass is 32.2. The second-order valence-electron chi connectivity index (χ2n) is 9.23. The lowest BCUT2D eigenvalue weighted by atomic mass is 10.1. The molecule has 0 spiro atoms. The van der Waals surface area contributed by atoms with Crippen LogP contribution in [0.4, 0.5) is 11.4 Å². The Labute approximate surface area is 217 Å². The normalized spacial score (nSPS) is 15.3. The molecule has 194 valence electrons. The van der Waals surface area contributed by atoms with Crippen LogP contribution in [0.1, 0.15) is 50.2 Å². The van der Waals surface area contributed by atoms with Gasteiger partial charge in [-0.3, -0.25) is 14.3 Å². The van der Waals surface area contributed by atoms with Gasteiger partial charge in [-0.25, -0.2) is 8.42 Å².